The van der Waals surface area contributed by atoms with Gasteiger partial charge >= 0.3 is 12.1 Å². The minimum atomic E-state index is -0.599. The van der Waals surface area contributed by atoms with Gasteiger partial charge in [0.25, 0.3) is 0 Å². The van der Waals surface area contributed by atoms with Crippen molar-refractivity contribution < 1.29 is 23.9 Å². The Morgan fingerprint density at radius 2 is 1.72 bits per heavy atom. The molecule has 7 heteroatoms. The van der Waals surface area contributed by atoms with Gasteiger partial charge in [0.15, 0.2) is 0 Å². The minimum Gasteiger partial charge on any atom is -0.444 e. The molecule has 0 spiro atoms. The predicted molar refractivity (Wildman–Crippen MR) is 110 cm³/mol. The Morgan fingerprint density at radius 1 is 1.07 bits per heavy atom. The molecule has 0 heterocycles. The molecule has 2 aromatic rings. The fraction of sp³-hybridized carbons (Fsp3) is 0.273. The first-order valence-corrected chi connectivity index (χ1v) is 9.01. The third-order valence-corrected chi connectivity index (χ3v) is 3.66. The Kier molecular flexibility index (Phi) is 6.88. The van der Waals surface area contributed by atoms with Gasteiger partial charge in [-0.15, -0.1) is 0 Å². The summed E-state index contributed by atoms with van der Waals surface area (Å²) in [4.78, 5) is 39.2. The highest BCUT2D eigenvalue weighted by Crippen LogP contribution is 2.19. The van der Waals surface area contributed by atoms with Gasteiger partial charge in [-0.3, -0.25) is 10.1 Å². The van der Waals surface area contributed by atoms with Crippen LogP contribution >= 0.6 is 0 Å². The SMILES string of the molecule is CC(=Nc1ccc(C(=O)Oc2ccc(C=O)c(C)c2)cc1)NC(=O)OC(C)(C)C. The zero-order valence-electron chi connectivity index (χ0n) is 17.1. The van der Waals surface area contributed by atoms with Crippen molar-refractivity contribution in [2.24, 2.45) is 4.99 Å². The molecule has 0 aromatic heterocycles. The van der Waals surface area contributed by atoms with Gasteiger partial charge in [-0.2, -0.15) is 0 Å². The average molecular weight is 396 g/mol. The third-order valence-electron chi connectivity index (χ3n) is 3.66. The number of nitrogens with zero attached hydrogens (tertiary/aromatic N) is 1. The number of amidine groups is 1. The Morgan fingerprint density at radius 3 is 2.28 bits per heavy atom. The van der Waals surface area contributed by atoms with Crippen LogP contribution in [0.4, 0.5) is 10.5 Å². The molecule has 29 heavy (non-hydrogen) atoms. The molecular formula is C22H24N2O5. The largest absolute Gasteiger partial charge is 0.444 e. The predicted octanol–water partition coefficient (Wildman–Crippen LogP) is 4.60. The smallest absolute Gasteiger partial charge is 0.413 e. The van der Waals surface area contributed by atoms with Gasteiger partial charge in [0.05, 0.1) is 11.3 Å². The minimum absolute atomic E-state index is 0.346. The van der Waals surface area contributed by atoms with Gasteiger partial charge in [-0.1, -0.05) is 0 Å². The molecule has 1 N–H and O–H groups in total. The third kappa shape index (κ3) is 6.88. The number of amides is 1. The van der Waals surface area contributed by atoms with E-state index in [9.17, 15) is 14.4 Å². The molecular weight excluding hydrogens is 372 g/mol. The summed E-state index contributed by atoms with van der Waals surface area (Å²) < 4.78 is 10.5. The van der Waals surface area contributed by atoms with Crippen LogP contribution in [0.2, 0.25) is 0 Å². The van der Waals surface area contributed by atoms with Gasteiger partial charge in [-0.25, -0.2) is 14.6 Å². The molecule has 0 aliphatic rings. The average Bonchev–Trinajstić information content (AvgIpc) is 2.60. The lowest BCUT2D eigenvalue weighted by Gasteiger charge is -2.19. The van der Waals surface area contributed by atoms with Crippen molar-refractivity contribution in [2.45, 2.75) is 40.2 Å². The lowest BCUT2D eigenvalue weighted by atomic mass is 10.1. The van der Waals surface area contributed by atoms with Crippen LogP contribution < -0.4 is 10.1 Å². The lowest BCUT2D eigenvalue weighted by Crippen LogP contribution is -2.35. The molecule has 0 unspecified atom stereocenters. The lowest BCUT2D eigenvalue weighted by molar-refractivity contribution is 0.0562. The van der Waals surface area contributed by atoms with Crippen LogP contribution in [0.15, 0.2) is 47.5 Å². The van der Waals surface area contributed by atoms with E-state index in [4.69, 9.17) is 9.47 Å². The van der Waals surface area contributed by atoms with E-state index in [-0.39, 0.29) is 0 Å². The molecule has 0 bridgehead atoms. The molecule has 152 valence electrons. The van der Waals surface area contributed by atoms with Crippen LogP contribution in [-0.2, 0) is 4.74 Å². The first kappa shape index (κ1) is 21.8. The number of hydrogen-bond donors (Lipinski definition) is 1. The maximum absolute atomic E-state index is 12.3. The summed E-state index contributed by atoms with van der Waals surface area (Å²) in [6, 6.07) is 11.2. The van der Waals surface area contributed by atoms with Crippen LogP contribution in [0.25, 0.3) is 0 Å². The van der Waals surface area contributed by atoms with E-state index >= 15 is 0 Å². The van der Waals surface area contributed by atoms with Gasteiger partial charge in [-0.05, 0) is 82.6 Å². The summed E-state index contributed by atoms with van der Waals surface area (Å²) in [5.41, 5.74) is 1.57. The number of carbonyl (C=O) groups is 3. The number of aliphatic imine (C=N–C) groups is 1. The number of nitrogens with one attached hydrogen (secondary N) is 1. The number of ether oxygens (including phenoxy) is 2. The second-order valence-electron chi connectivity index (χ2n) is 7.40. The number of aldehydes is 1. The van der Waals surface area contributed by atoms with E-state index in [2.05, 4.69) is 10.3 Å². The summed E-state index contributed by atoms with van der Waals surface area (Å²) in [5.74, 6) is 0.195. The van der Waals surface area contributed by atoms with Crippen molar-refractivity contribution in [1.29, 1.82) is 0 Å². The second-order valence-corrected chi connectivity index (χ2v) is 7.40. The van der Waals surface area contributed by atoms with Crippen molar-refractivity contribution in [3.05, 3.63) is 59.2 Å². The summed E-state index contributed by atoms with van der Waals surface area (Å²) in [7, 11) is 0. The molecule has 0 radical (unpaired) electrons. The van der Waals surface area contributed by atoms with Crippen molar-refractivity contribution in [1.82, 2.24) is 5.32 Å². The van der Waals surface area contributed by atoms with Crippen molar-refractivity contribution in [2.75, 3.05) is 0 Å². The fourth-order valence-electron chi connectivity index (χ4n) is 2.35. The van der Waals surface area contributed by atoms with Crippen molar-refractivity contribution in [3.8, 4) is 5.75 Å². The van der Waals surface area contributed by atoms with Gasteiger partial charge < -0.3 is 9.47 Å². The number of aryl methyl sites for hydroxylation is 1. The second kappa shape index (κ2) is 9.14. The molecule has 1 amide bonds. The van der Waals surface area contributed by atoms with Gasteiger partial charge in [0.1, 0.15) is 23.5 Å². The van der Waals surface area contributed by atoms with Crippen molar-refractivity contribution in [3.63, 3.8) is 0 Å². The zero-order valence-corrected chi connectivity index (χ0v) is 17.1. The standard InChI is InChI=1S/C22H24N2O5/c1-14-12-19(11-8-17(14)13-25)28-20(26)16-6-9-18(10-7-16)23-15(2)24-21(27)29-22(3,4)5/h6-13H,1-5H3,(H,23,24,27). The maximum atomic E-state index is 12.3. The summed E-state index contributed by atoms with van der Waals surface area (Å²) in [6.45, 7) is 8.72. The van der Waals surface area contributed by atoms with E-state index in [1.54, 1.807) is 77.1 Å². The number of alkyl carbamates (subject to hydrolysis) is 1. The number of benzene rings is 2. The van der Waals surface area contributed by atoms with Crippen LogP contribution in [0, 0.1) is 6.92 Å². The summed E-state index contributed by atoms with van der Waals surface area (Å²) in [5, 5.41) is 2.54. The Hall–Kier alpha value is -3.48. The molecule has 0 saturated carbocycles. The molecule has 7 nitrogen and oxygen atoms in total. The number of rotatable bonds is 4. The fourth-order valence-corrected chi connectivity index (χ4v) is 2.35. The molecule has 0 fully saturated rings. The highest BCUT2D eigenvalue weighted by Gasteiger charge is 2.16. The molecule has 0 atom stereocenters. The zero-order chi connectivity index (χ0) is 21.6. The Labute approximate surface area is 169 Å². The Balaban J connectivity index is 2.01. The highest BCUT2D eigenvalue weighted by atomic mass is 16.6. The topological polar surface area (TPSA) is 94.1 Å². The van der Waals surface area contributed by atoms with E-state index in [1.807, 2.05) is 0 Å². The number of hydrogen-bond acceptors (Lipinski definition) is 6. The Bertz CT molecular complexity index is 941. The number of carbonyl (C=O) groups excluding carboxylic acids is 3. The van der Waals surface area contributed by atoms with E-state index < -0.39 is 17.7 Å². The first-order chi connectivity index (χ1) is 13.6. The maximum Gasteiger partial charge on any atom is 0.413 e. The van der Waals surface area contributed by atoms with E-state index in [1.165, 1.54) is 0 Å². The van der Waals surface area contributed by atoms with Crippen LogP contribution in [-0.4, -0.2) is 29.8 Å². The normalized spacial score (nSPS) is 11.6. The highest BCUT2D eigenvalue weighted by molar-refractivity contribution is 5.95. The summed E-state index contributed by atoms with van der Waals surface area (Å²) in [6.07, 6.45) is 0.162. The molecule has 2 aromatic carbocycles. The quantitative estimate of drug-likeness (QED) is 0.268. The summed E-state index contributed by atoms with van der Waals surface area (Å²) >= 11 is 0. The molecule has 2 rings (SSSR count). The van der Waals surface area contributed by atoms with E-state index in [0.717, 1.165) is 11.8 Å². The number of esters is 1. The van der Waals surface area contributed by atoms with Crippen LogP contribution in [0.3, 0.4) is 0 Å². The van der Waals surface area contributed by atoms with Gasteiger partial charge in [0, 0.05) is 5.56 Å². The first-order valence-electron chi connectivity index (χ1n) is 9.01. The van der Waals surface area contributed by atoms with Gasteiger partial charge in [0.2, 0.25) is 0 Å². The molecule has 0 saturated heterocycles. The van der Waals surface area contributed by atoms with Crippen LogP contribution in [0.1, 0.15) is 54.0 Å². The van der Waals surface area contributed by atoms with Crippen molar-refractivity contribution >= 4 is 29.9 Å². The molecule has 0 aliphatic heterocycles. The monoisotopic (exact) mass is 396 g/mol. The van der Waals surface area contributed by atoms with E-state index in [0.29, 0.717) is 28.4 Å². The molecule has 0 aliphatic carbocycles. The van der Waals surface area contributed by atoms with Crippen LogP contribution in [0.5, 0.6) is 5.75 Å².